The second-order valence-electron chi connectivity index (χ2n) is 14.8. The van der Waals surface area contributed by atoms with Crippen LogP contribution in [0.5, 0.6) is 5.75 Å². The van der Waals surface area contributed by atoms with Crippen molar-refractivity contribution in [3.8, 4) is 5.75 Å². The summed E-state index contributed by atoms with van der Waals surface area (Å²) in [4.78, 5) is 62.5. The van der Waals surface area contributed by atoms with Crippen molar-refractivity contribution in [1.29, 1.82) is 0 Å². The number of rotatable bonds is 5. The summed E-state index contributed by atoms with van der Waals surface area (Å²) >= 11 is 12.4. The lowest BCUT2D eigenvalue weighted by molar-refractivity contribution is -0.143. The van der Waals surface area contributed by atoms with Crippen LogP contribution in [0.3, 0.4) is 0 Å². The second kappa shape index (κ2) is 14.0. The van der Waals surface area contributed by atoms with Crippen LogP contribution in [0.2, 0.25) is 10.0 Å². The fourth-order valence-corrected chi connectivity index (χ4v) is 9.52. The van der Waals surface area contributed by atoms with E-state index in [9.17, 15) is 59.0 Å². The largest absolute Gasteiger partial charge is 0.508 e. The molecule has 6 atom stereocenters. The van der Waals surface area contributed by atoms with Crippen molar-refractivity contribution < 1.29 is 63.8 Å². The number of hydrazine groups is 1. The van der Waals surface area contributed by atoms with Gasteiger partial charge in [0.2, 0.25) is 11.8 Å². The zero-order chi connectivity index (χ0) is 43.4. The van der Waals surface area contributed by atoms with Crippen LogP contribution in [0.25, 0.3) is 0 Å². The predicted molar refractivity (Wildman–Crippen MR) is 194 cm³/mol. The van der Waals surface area contributed by atoms with Gasteiger partial charge in [-0.2, -0.15) is 44.5 Å². The number of anilines is 2. The van der Waals surface area contributed by atoms with E-state index < -0.39 is 117 Å². The Balaban J connectivity index is 1.29. The molecule has 3 fully saturated rings. The maximum absolute atomic E-state index is 15.2. The highest BCUT2D eigenvalue weighted by atomic mass is 35.5. The number of carbonyl (C=O) groups excluding carboxylic acids is 4. The van der Waals surface area contributed by atoms with Gasteiger partial charge in [-0.05, 0) is 66.8 Å². The molecule has 1 saturated carbocycles. The van der Waals surface area contributed by atoms with Crippen LogP contribution in [0.15, 0.2) is 90.6 Å². The highest BCUT2D eigenvalue weighted by Gasteiger charge is 2.71. The number of benzene rings is 3. The molecule has 3 aromatic carbocycles. The van der Waals surface area contributed by atoms with Crippen molar-refractivity contribution in [2.45, 2.75) is 42.7 Å². The van der Waals surface area contributed by atoms with E-state index >= 15 is 4.79 Å². The van der Waals surface area contributed by atoms with Crippen molar-refractivity contribution >= 4 is 58.3 Å². The van der Waals surface area contributed by atoms with E-state index in [0.29, 0.717) is 17.3 Å². The number of aromatic hydroxyl groups is 1. The molecule has 2 aliphatic carbocycles. The Morgan fingerprint density at radius 1 is 0.750 bits per heavy atom. The molecule has 312 valence electrons. The van der Waals surface area contributed by atoms with E-state index in [1.54, 1.807) is 0 Å². The number of allylic oxidation sites excluding steroid dienone is 2. The summed E-state index contributed by atoms with van der Waals surface area (Å²) in [6.07, 6.45) is -14.2. The topological polar surface area (TPSA) is 120 Å². The number of amides is 4. The molecule has 8 rings (SSSR count). The number of halogens is 11. The molecule has 20 heteroatoms. The van der Waals surface area contributed by atoms with Gasteiger partial charge in [0.1, 0.15) is 5.75 Å². The van der Waals surface area contributed by atoms with Crippen LogP contribution in [0.4, 0.5) is 51.0 Å². The highest BCUT2D eigenvalue weighted by Crippen LogP contribution is 2.65. The average Bonchev–Trinajstić information content (AvgIpc) is 3.55. The van der Waals surface area contributed by atoms with Gasteiger partial charge in [-0.25, -0.2) is 9.88 Å². The number of alkyl halides is 9. The number of fused-ring (bicyclic) bond motifs is 4. The van der Waals surface area contributed by atoms with E-state index in [1.807, 2.05) is 0 Å². The van der Waals surface area contributed by atoms with Gasteiger partial charge in [-0.1, -0.05) is 65.2 Å². The van der Waals surface area contributed by atoms with Gasteiger partial charge in [0.15, 0.2) is 5.82 Å². The summed E-state index contributed by atoms with van der Waals surface area (Å²) in [5, 5.41) is 11.5. The molecule has 4 aliphatic rings. The minimum Gasteiger partial charge on any atom is -0.508 e. The van der Waals surface area contributed by atoms with E-state index in [1.165, 1.54) is 54.6 Å². The van der Waals surface area contributed by atoms with E-state index in [-0.39, 0.29) is 57.0 Å². The number of carbonyl (C=O) groups is 4. The Morgan fingerprint density at radius 2 is 1.37 bits per heavy atom. The van der Waals surface area contributed by atoms with Crippen molar-refractivity contribution in [3.05, 3.63) is 129 Å². The number of phenols is 1. The molecule has 0 radical (unpaired) electrons. The SMILES string of the molecule is O=C1[C@@H]2C[C@@H]3C(=CC[C@@H]4C(=O)N(c5cc(C(F)(F)F)cc(C(F)(F)F)c5)C(=O)[C@@H]43)[C@H](c3ccccc3O)[C@]2(c2ccc(Cl)cc2)C(=O)N1Nc1ncc(C(F)(F)F)cc1Cl. The van der Waals surface area contributed by atoms with Crippen molar-refractivity contribution in [2.75, 3.05) is 10.3 Å². The number of para-hydroxylation sites is 1. The summed E-state index contributed by atoms with van der Waals surface area (Å²) in [7, 11) is 0. The number of pyridine rings is 1. The third kappa shape index (κ3) is 6.37. The molecule has 4 aromatic rings. The molecule has 2 saturated heterocycles. The standard InChI is InChI=1S/C40H25Cl2F9N4O5/c41-21-7-5-17(6-8-21)37-27(34(58)55(36(37)60)53-32-28(42)14-20(16-52-32)40(49,50)51)15-26-23(31(37)24-3-1-2-4-29(24)56)9-10-25-30(26)35(59)54(33(25)57)22-12-18(38(43,44)45)11-19(13-22)39(46,47)48/h1-9,11-14,16,25-27,30-31,56H,10,15H2,(H,52,53)/t25-,26+,27-,30-,31+,37+/m0/s1. The van der Waals surface area contributed by atoms with Crippen LogP contribution >= 0.6 is 23.2 Å². The zero-order valence-electron chi connectivity index (χ0n) is 30.0. The Bertz CT molecular complexity index is 2500. The van der Waals surface area contributed by atoms with Gasteiger partial charge in [0.05, 0.1) is 50.6 Å². The predicted octanol–water partition coefficient (Wildman–Crippen LogP) is 9.34. The van der Waals surface area contributed by atoms with Crippen molar-refractivity contribution in [3.63, 3.8) is 0 Å². The number of nitrogens with one attached hydrogen (secondary N) is 1. The second-order valence-corrected chi connectivity index (χ2v) is 15.6. The van der Waals surface area contributed by atoms with Crippen molar-refractivity contribution in [2.24, 2.45) is 23.7 Å². The minimum absolute atomic E-state index is 0.0573. The molecule has 60 heavy (non-hydrogen) atoms. The number of nitrogens with zero attached hydrogens (tertiary/aromatic N) is 3. The summed E-state index contributed by atoms with van der Waals surface area (Å²) in [6, 6.07) is 12.3. The summed E-state index contributed by atoms with van der Waals surface area (Å²) in [6.45, 7) is 0. The molecular formula is C40H25Cl2F9N4O5. The Labute approximate surface area is 342 Å². The molecule has 0 spiro atoms. The van der Waals surface area contributed by atoms with Crippen LogP contribution < -0.4 is 10.3 Å². The quantitative estimate of drug-likeness (QED) is 0.117. The first kappa shape index (κ1) is 41.1. The van der Waals surface area contributed by atoms with E-state index in [4.69, 9.17) is 23.2 Å². The van der Waals surface area contributed by atoms with Crippen molar-refractivity contribution in [1.82, 2.24) is 9.99 Å². The maximum atomic E-state index is 15.2. The number of aromatic nitrogens is 1. The normalized spacial score (nSPS) is 25.6. The lowest BCUT2D eigenvalue weighted by Crippen LogP contribution is -2.53. The summed E-state index contributed by atoms with van der Waals surface area (Å²) in [5.41, 5.74) is -4.86. The Kier molecular flexibility index (Phi) is 9.58. The molecule has 0 unspecified atom stereocenters. The van der Waals surface area contributed by atoms with E-state index in [0.717, 1.165) is 0 Å². The number of hydrogen-bond acceptors (Lipinski definition) is 7. The van der Waals surface area contributed by atoms with Crippen LogP contribution in [-0.2, 0) is 43.1 Å². The number of imide groups is 2. The van der Waals surface area contributed by atoms with Gasteiger partial charge in [0.25, 0.3) is 11.8 Å². The zero-order valence-corrected chi connectivity index (χ0v) is 31.5. The first-order chi connectivity index (χ1) is 28.0. The van der Waals surface area contributed by atoms with Crippen LogP contribution in [-0.4, -0.2) is 38.7 Å². The van der Waals surface area contributed by atoms with Gasteiger partial charge in [-0.3, -0.25) is 24.6 Å². The molecule has 9 nitrogen and oxygen atoms in total. The molecular weight excluding hydrogens is 858 g/mol. The van der Waals surface area contributed by atoms with Gasteiger partial charge in [0, 0.05) is 22.7 Å². The van der Waals surface area contributed by atoms with Crippen LogP contribution in [0, 0.1) is 23.7 Å². The third-order valence-electron chi connectivity index (χ3n) is 11.6. The third-order valence-corrected chi connectivity index (χ3v) is 12.2. The molecule has 2 N–H and O–H groups in total. The first-order valence-corrected chi connectivity index (χ1v) is 18.6. The van der Waals surface area contributed by atoms with Crippen LogP contribution in [0.1, 0.15) is 46.6 Å². The molecule has 0 bridgehead atoms. The van der Waals surface area contributed by atoms with E-state index in [2.05, 4.69) is 10.4 Å². The fraction of sp³-hybridized carbons (Fsp3) is 0.275. The lowest BCUT2D eigenvalue weighted by atomic mass is 9.49. The lowest BCUT2D eigenvalue weighted by Gasteiger charge is -2.50. The first-order valence-electron chi connectivity index (χ1n) is 17.8. The average molecular weight is 884 g/mol. The Morgan fingerprint density at radius 3 is 1.95 bits per heavy atom. The Hall–Kier alpha value is -5.62. The highest BCUT2D eigenvalue weighted by molar-refractivity contribution is 6.33. The fourth-order valence-electron chi connectivity index (χ4n) is 9.18. The number of phenolic OH excluding ortho intramolecular Hbond substituents is 1. The monoisotopic (exact) mass is 882 g/mol. The maximum Gasteiger partial charge on any atom is 0.417 e. The molecule has 3 heterocycles. The summed E-state index contributed by atoms with van der Waals surface area (Å²) < 4.78 is 124. The molecule has 1 aromatic heterocycles. The molecule has 4 amide bonds. The molecule has 2 aliphatic heterocycles. The van der Waals surface area contributed by atoms with Gasteiger partial charge < -0.3 is 5.11 Å². The van der Waals surface area contributed by atoms with Gasteiger partial charge >= 0.3 is 18.5 Å². The van der Waals surface area contributed by atoms with Gasteiger partial charge in [-0.15, -0.1) is 0 Å². The minimum atomic E-state index is -5.31. The number of hydrogen-bond donors (Lipinski definition) is 2. The smallest absolute Gasteiger partial charge is 0.417 e. The summed E-state index contributed by atoms with van der Waals surface area (Å²) in [5.74, 6) is -12.0.